The molecule has 23 heavy (non-hydrogen) atoms. The van der Waals surface area contributed by atoms with Gasteiger partial charge in [-0.2, -0.15) is 5.26 Å². The second-order valence-electron chi connectivity index (χ2n) is 9.00. The molecular formula is C18H24N3O2+. The molecule has 1 heterocycles. The van der Waals surface area contributed by atoms with E-state index in [2.05, 4.69) is 6.07 Å². The summed E-state index contributed by atoms with van der Waals surface area (Å²) in [5.41, 5.74) is 5.68. The van der Waals surface area contributed by atoms with E-state index in [1.807, 2.05) is 6.42 Å². The normalized spacial score (nSPS) is 53.4. The van der Waals surface area contributed by atoms with Gasteiger partial charge in [-0.1, -0.05) is 0 Å². The predicted octanol–water partition coefficient (Wildman–Crippen LogP) is 0.972. The third-order valence-corrected chi connectivity index (χ3v) is 7.28. The summed E-state index contributed by atoms with van der Waals surface area (Å²) in [5, 5.41) is 20.2. The average molecular weight is 314 g/mol. The summed E-state index contributed by atoms with van der Waals surface area (Å²) in [7, 11) is 0. The maximum Gasteiger partial charge on any atom is 0.260 e. The second kappa shape index (κ2) is 4.23. The Hall–Kier alpha value is -1.25. The highest BCUT2D eigenvalue weighted by molar-refractivity contribution is 5.85. The summed E-state index contributed by atoms with van der Waals surface area (Å²) in [6, 6.07) is 1.47. The van der Waals surface area contributed by atoms with Crippen LogP contribution >= 0.6 is 0 Å². The van der Waals surface area contributed by atoms with Crippen molar-refractivity contribution in [3.05, 3.63) is 6.42 Å². The highest BCUT2D eigenvalue weighted by atomic mass is 16.3. The van der Waals surface area contributed by atoms with E-state index >= 15 is 0 Å². The number of nitrogens with zero attached hydrogens (tertiary/aromatic N) is 2. The fourth-order valence-electron chi connectivity index (χ4n) is 6.74. The Balaban J connectivity index is 1.43. The number of hydrogen-bond acceptors (Lipinski definition) is 4. The zero-order chi connectivity index (χ0) is 16.0. The molecule has 5 heteroatoms. The van der Waals surface area contributed by atoms with Crippen LogP contribution in [0.2, 0.25) is 0 Å². The molecule has 122 valence electrons. The van der Waals surface area contributed by atoms with Crippen LogP contribution in [-0.4, -0.2) is 39.6 Å². The van der Waals surface area contributed by atoms with Crippen molar-refractivity contribution in [3.8, 4) is 6.07 Å². The van der Waals surface area contributed by atoms with Gasteiger partial charge in [0.05, 0.1) is 17.7 Å². The predicted molar refractivity (Wildman–Crippen MR) is 82.5 cm³/mol. The first-order valence-electron chi connectivity index (χ1n) is 8.98. The molecular weight excluding hydrogens is 290 g/mol. The summed E-state index contributed by atoms with van der Waals surface area (Å²) in [5.74, 6) is 1.39. The minimum Gasteiger partial charge on any atom is -0.390 e. The van der Waals surface area contributed by atoms with Crippen molar-refractivity contribution in [2.75, 3.05) is 0 Å². The Morgan fingerprint density at radius 3 is 2.61 bits per heavy atom. The van der Waals surface area contributed by atoms with Gasteiger partial charge in [-0.15, -0.1) is 0 Å². The van der Waals surface area contributed by atoms with Crippen molar-refractivity contribution in [3.63, 3.8) is 0 Å². The molecule has 5 nitrogen and oxygen atoms in total. The van der Waals surface area contributed by atoms with E-state index in [4.69, 9.17) is 5.73 Å². The zero-order valence-electron chi connectivity index (χ0n) is 13.3. The lowest BCUT2D eigenvalue weighted by molar-refractivity contribution is -0.177. The molecule has 5 saturated carbocycles. The lowest BCUT2D eigenvalue weighted by atomic mass is 9.46. The molecule has 0 aromatic carbocycles. The van der Waals surface area contributed by atoms with Gasteiger partial charge in [-0.05, 0) is 55.8 Å². The summed E-state index contributed by atoms with van der Waals surface area (Å²) in [4.78, 5) is 14.9. The Morgan fingerprint density at radius 2 is 2.00 bits per heavy atom. The number of piperidine rings is 1. The second-order valence-corrected chi connectivity index (χ2v) is 9.00. The molecule has 6 rings (SSSR count). The molecule has 1 saturated heterocycles. The minimum absolute atomic E-state index is 0.0525. The van der Waals surface area contributed by atoms with Crippen molar-refractivity contribution in [1.29, 1.82) is 5.26 Å². The fraction of sp³-hybridized carbons (Fsp3) is 0.833. The molecule has 2 unspecified atom stereocenters. The van der Waals surface area contributed by atoms with E-state index in [0.29, 0.717) is 24.2 Å². The van der Waals surface area contributed by atoms with Crippen LogP contribution in [0.15, 0.2) is 0 Å². The number of fused-ring (bicyclic) bond motifs is 1. The Labute approximate surface area is 136 Å². The molecule has 3 N–H and O–H groups in total. The number of carbonyl (C=O) groups excluding carboxylic acids is 1. The van der Waals surface area contributed by atoms with Crippen LogP contribution in [0.25, 0.3) is 0 Å². The average Bonchev–Trinajstić information content (AvgIpc) is 3.14. The number of rotatable bonds is 2. The number of likely N-dealkylation sites (tertiary alicyclic amines) is 1. The molecule has 6 aliphatic rings. The van der Waals surface area contributed by atoms with E-state index in [9.17, 15) is 15.2 Å². The molecule has 6 atom stereocenters. The van der Waals surface area contributed by atoms with Crippen LogP contribution in [0.1, 0.15) is 44.9 Å². The quantitative estimate of drug-likeness (QED) is 0.743. The Morgan fingerprint density at radius 1 is 1.30 bits per heavy atom. The minimum atomic E-state index is -0.601. The van der Waals surface area contributed by atoms with E-state index in [1.54, 1.807) is 4.90 Å². The van der Waals surface area contributed by atoms with Crippen LogP contribution in [0.5, 0.6) is 0 Å². The van der Waals surface area contributed by atoms with E-state index in [1.165, 1.54) is 6.42 Å². The number of aliphatic hydroxyl groups is 1. The maximum atomic E-state index is 13.1. The SMILES string of the molecule is N#C[C@@H]1[CH+][C@@H]2C[C@@H]2N1C(=O)[C@@H](N)C12CC3CC(CC(O)(C3)C1)C2. The number of hydrogen-bond donors (Lipinski definition) is 2. The van der Waals surface area contributed by atoms with Gasteiger partial charge in [0.2, 0.25) is 5.91 Å². The number of nitrogens with two attached hydrogens (primary N) is 1. The van der Waals surface area contributed by atoms with Gasteiger partial charge >= 0.3 is 0 Å². The van der Waals surface area contributed by atoms with Crippen molar-refractivity contribution in [2.45, 2.75) is 68.7 Å². The van der Waals surface area contributed by atoms with Crippen LogP contribution < -0.4 is 5.73 Å². The zero-order valence-corrected chi connectivity index (χ0v) is 13.3. The van der Waals surface area contributed by atoms with Crippen LogP contribution in [-0.2, 0) is 4.79 Å². The third-order valence-electron chi connectivity index (χ3n) is 7.28. The van der Waals surface area contributed by atoms with Gasteiger partial charge in [0, 0.05) is 6.42 Å². The topological polar surface area (TPSA) is 90.4 Å². The van der Waals surface area contributed by atoms with Crippen molar-refractivity contribution < 1.29 is 9.90 Å². The smallest absolute Gasteiger partial charge is 0.260 e. The largest absolute Gasteiger partial charge is 0.390 e. The van der Waals surface area contributed by atoms with Gasteiger partial charge in [-0.3, -0.25) is 9.69 Å². The first kappa shape index (κ1) is 14.1. The summed E-state index contributed by atoms with van der Waals surface area (Å²) < 4.78 is 0. The molecule has 0 aromatic heterocycles. The van der Waals surface area contributed by atoms with Gasteiger partial charge < -0.3 is 10.8 Å². The van der Waals surface area contributed by atoms with Crippen LogP contribution in [0.3, 0.4) is 0 Å². The molecule has 0 spiro atoms. The molecule has 0 aromatic rings. The van der Waals surface area contributed by atoms with Crippen LogP contribution in [0.4, 0.5) is 0 Å². The summed E-state index contributed by atoms with van der Waals surface area (Å²) >= 11 is 0. The molecule has 6 fully saturated rings. The first-order chi connectivity index (χ1) is 10.9. The summed E-state index contributed by atoms with van der Waals surface area (Å²) in [6.45, 7) is 0. The van der Waals surface area contributed by atoms with Gasteiger partial charge in [-0.25, -0.2) is 0 Å². The molecule has 5 aliphatic carbocycles. The standard InChI is InChI=1S/C18H24N3O2/c19-8-13-2-12-3-14(12)21(13)16(22)15(20)17-4-10-1-11(5-17)7-18(23,6-10)9-17/h2,10-15,23H,1,3-7,9,20H2/q+1/t10?,11?,12-,13+,14+,15-,17?,18?/m1/s1. The molecule has 4 bridgehead atoms. The lowest BCUT2D eigenvalue weighted by Crippen LogP contribution is -2.64. The molecule has 0 radical (unpaired) electrons. The Bertz CT molecular complexity index is 598. The lowest BCUT2D eigenvalue weighted by Gasteiger charge is -2.61. The number of amides is 1. The third kappa shape index (κ3) is 1.85. The van der Waals surface area contributed by atoms with E-state index < -0.39 is 17.7 Å². The van der Waals surface area contributed by atoms with Gasteiger partial charge in [0.25, 0.3) is 6.04 Å². The van der Waals surface area contributed by atoms with Crippen molar-refractivity contribution in [1.82, 2.24) is 4.90 Å². The van der Waals surface area contributed by atoms with Gasteiger partial charge in [0.1, 0.15) is 18.4 Å². The van der Waals surface area contributed by atoms with Gasteiger partial charge in [0.15, 0.2) is 0 Å². The highest BCUT2D eigenvalue weighted by Gasteiger charge is 2.66. The monoisotopic (exact) mass is 314 g/mol. The van der Waals surface area contributed by atoms with Crippen LogP contribution in [0, 0.1) is 40.9 Å². The Kier molecular flexibility index (Phi) is 2.60. The maximum absolute atomic E-state index is 13.1. The van der Waals surface area contributed by atoms with E-state index in [-0.39, 0.29) is 17.4 Å². The number of nitriles is 1. The molecule has 1 amide bonds. The number of carbonyl (C=O) groups is 1. The first-order valence-corrected chi connectivity index (χ1v) is 8.98. The fourth-order valence-corrected chi connectivity index (χ4v) is 6.74. The van der Waals surface area contributed by atoms with E-state index in [0.717, 1.165) is 32.1 Å². The summed E-state index contributed by atoms with van der Waals surface area (Å²) in [6.07, 6.45) is 8.56. The van der Waals surface area contributed by atoms with Crippen molar-refractivity contribution >= 4 is 5.91 Å². The highest BCUT2D eigenvalue weighted by Crippen LogP contribution is 2.63. The van der Waals surface area contributed by atoms with Crippen molar-refractivity contribution in [2.24, 2.45) is 28.9 Å². The molecule has 1 aliphatic heterocycles.